The Morgan fingerprint density at radius 1 is 1.13 bits per heavy atom. The number of aromatic nitrogens is 3. The maximum Gasteiger partial charge on any atom is 0.213 e. The van der Waals surface area contributed by atoms with Gasteiger partial charge in [0.1, 0.15) is 11.6 Å². The fraction of sp³-hybridized carbons (Fsp3) is 0.304. The third kappa shape index (κ3) is 3.32. The van der Waals surface area contributed by atoms with Crippen molar-refractivity contribution in [2.45, 2.75) is 30.8 Å². The summed E-state index contributed by atoms with van der Waals surface area (Å²) in [6, 6.07) is 9.03. The fourth-order valence-electron chi connectivity index (χ4n) is 5.12. The van der Waals surface area contributed by atoms with Gasteiger partial charge >= 0.3 is 0 Å². The molecule has 2 aromatic heterocycles. The number of benzene rings is 1. The Labute approximate surface area is 177 Å². The molecule has 0 spiro atoms. The molecule has 0 N–H and O–H groups in total. The van der Waals surface area contributed by atoms with Gasteiger partial charge in [0.15, 0.2) is 5.82 Å². The van der Waals surface area contributed by atoms with Gasteiger partial charge in [-0.1, -0.05) is 0 Å². The number of carbonyl (C=O) groups is 1. The van der Waals surface area contributed by atoms with Crippen LogP contribution in [0.4, 0.5) is 8.78 Å². The van der Waals surface area contributed by atoms with Crippen LogP contribution in [-0.2, 0) is 10.3 Å². The van der Waals surface area contributed by atoms with Crippen LogP contribution in [-0.4, -0.2) is 38.9 Å². The smallest absolute Gasteiger partial charge is 0.213 e. The van der Waals surface area contributed by atoms with E-state index < -0.39 is 11.4 Å². The van der Waals surface area contributed by atoms with Gasteiger partial charge in [-0.3, -0.25) is 4.79 Å². The van der Waals surface area contributed by atoms with Gasteiger partial charge in [0.05, 0.1) is 18.3 Å². The molecule has 3 aromatic rings. The monoisotopic (exact) mass is 422 g/mol. The Bertz CT molecular complexity index is 1100. The van der Waals surface area contributed by atoms with Crippen LogP contribution in [0.2, 0.25) is 0 Å². The molecule has 6 nitrogen and oxygen atoms in total. The molecule has 31 heavy (non-hydrogen) atoms. The largest absolute Gasteiger partial charge is 0.477 e. The van der Waals surface area contributed by atoms with E-state index in [0.717, 1.165) is 36.6 Å². The summed E-state index contributed by atoms with van der Waals surface area (Å²) >= 11 is 0. The Balaban J connectivity index is 1.48. The highest BCUT2D eigenvalue weighted by molar-refractivity contribution is 5.65. The van der Waals surface area contributed by atoms with Crippen LogP contribution >= 0.6 is 0 Å². The standard InChI is InChI=1S/C23H20F2N4O2/c24-16-2-4-18(22-26-8-1-9-27-22)19(10-16)23-7-6-20(29(23)14-30)15(11-23)13-31-21-5-3-17(25)12-28-21/h1-5,8-10,12,14-15,20H,6-7,11,13H2. The topological polar surface area (TPSA) is 68.2 Å². The van der Waals surface area contributed by atoms with E-state index in [1.807, 2.05) is 0 Å². The van der Waals surface area contributed by atoms with Gasteiger partial charge in [-0.05, 0) is 55.2 Å². The average molecular weight is 422 g/mol. The Morgan fingerprint density at radius 2 is 1.94 bits per heavy atom. The number of pyridine rings is 1. The number of carbonyl (C=O) groups excluding carboxylic acids is 1. The maximum atomic E-state index is 14.4. The third-order valence-electron chi connectivity index (χ3n) is 6.40. The first-order valence-electron chi connectivity index (χ1n) is 10.2. The summed E-state index contributed by atoms with van der Waals surface area (Å²) in [6.07, 6.45) is 7.38. The van der Waals surface area contributed by atoms with Gasteiger partial charge in [0, 0.05) is 36.0 Å². The molecule has 158 valence electrons. The van der Waals surface area contributed by atoms with Gasteiger partial charge in [-0.25, -0.2) is 23.7 Å². The molecule has 4 heterocycles. The number of nitrogens with zero attached hydrogens (tertiary/aromatic N) is 4. The summed E-state index contributed by atoms with van der Waals surface area (Å²) in [5, 5.41) is 0. The highest BCUT2D eigenvalue weighted by atomic mass is 19.1. The maximum absolute atomic E-state index is 14.4. The van der Waals surface area contributed by atoms with Crippen molar-refractivity contribution in [3.8, 4) is 17.3 Å². The van der Waals surface area contributed by atoms with Crippen LogP contribution in [0.25, 0.3) is 11.4 Å². The molecule has 0 aliphatic carbocycles. The first kappa shape index (κ1) is 19.5. The molecule has 5 rings (SSSR count). The van der Waals surface area contributed by atoms with Crippen molar-refractivity contribution in [3.63, 3.8) is 0 Å². The van der Waals surface area contributed by atoms with E-state index >= 15 is 0 Å². The van der Waals surface area contributed by atoms with Crippen LogP contribution in [0, 0.1) is 17.6 Å². The molecule has 2 bridgehead atoms. The second kappa shape index (κ2) is 7.68. The first-order valence-corrected chi connectivity index (χ1v) is 10.2. The summed E-state index contributed by atoms with van der Waals surface area (Å²) in [7, 11) is 0. The second-order valence-electron chi connectivity index (χ2n) is 8.00. The number of hydrogen-bond acceptors (Lipinski definition) is 5. The summed E-state index contributed by atoms with van der Waals surface area (Å²) in [6.45, 7) is 0.335. The Morgan fingerprint density at radius 3 is 2.68 bits per heavy atom. The highest BCUT2D eigenvalue weighted by Gasteiger charge is 2.58. The van der Waals surface area contributed by atoms with Crippen molar-refractivity contribution in [1.29, 1.82) is 0 Å². The van der Waals surface area contributed by atoms with Gasteiger partial charge in [-0.2, -0.15) is 0 Å². The number of hydrogen-bond donors (Lipinski definition) is 0. The molecule has 1 amide bonds. The molecule has 3 atom stereocenters. The normalized spacial score (nSPS) is 24.4. The zero-order valence-electron chi connectivity index (χ0n) is 16.6. The third-order valence-corrected chi connectivity index (χ3v) is 6.40. The summed E-state index contributed by atoms with van der Waals surface area (Å²) in [4.78, 5) is 26.6. The van der Waals surface area contributed by atoms with E-state index in [4.69, 9.17) is 4.74 Å². The molecular formula is C23H20F2N4O2. The van der Waals surface area contributed by atoms with Crippen molar-refractivity contribution < 1.29 is 18.3 Å². The number of amides is 1. The average Bonchev–Trinajstić information content (AvgIpc) is 3.32. The minimum absolute atomic E-state index is 0.0224. The van der Waals surface area contributed by atoms with Crippen LogP contribution in [0.1, 0.15) is 24.8 Å². The van der Waals surface area contributed by atoms with Crippen LogP contribution in [0.3, 0.4) is 0 Å². The lowest BCUT2D eigenvalue weighted by atomic mass is 9.75. The van der Waals surface area contributed by atoms with Crippen molar-refractivity contribution in [2.24, 2.45) is 5.92 Å². The minimum Gasteiger partial charge on any atom is -0.477 e. The lowest BCUT2D eigenvalue weighted by Gasteiger charge is -2.34. The van der Waals surface area contributed by atoms with Crippen LogP contribution < -0.4 is 4.74 Å². The van der Waals surface area contributed by atoms with Gasteiger partial charge < -0.3 is 9.64 Å². The molecule has 0 saturated carbocycles. The van der Waals surface area contributed by atoms with Crippen LogP contribution in [0.5, 0.6) is 5.88 Å². The van der Waals surface area contributed by atoms with Crippen molar-refractivity contribution in [1.82, 2.24) is 19.9 Å². The predicted octanol–water partition coefficient (Wildman–Crippen LogP) is 3.73. The fourth-order valence-corrected chi connectivity index (χ4v) is 5.12. The molecule has 1 aromatic carbocycles. The van der Waals surface area contributed by atoms with Gasteiger partial charge in [0.2, 0.25) is 12.3 Å². The number of halogens is 2. The molecule has 2 aliphatic heterocycles. The molecule has 2 saturated heterocycles. The summed E-state index contributed by atoms with van der Waals surface area (Å²) < 4.78 is 33.2. The van der Waals surface area contributed by atoms with Crippen molar-refractivity contribution in [3.05, 3.63) is 72.2 Å². The molecule has 8 heteroatoms. The lowest BCUT2D eigenvalue weighted by molar-refractivity contribution is -0.122. The second-order valence-corrected chi connectivity index (χ2v) is 8.00. The minimum atomic E-state index is -0.646. The molecule has 3 unspecified atom stereocenters. The zero-order chi connectivity index (χ0) is 21.4. The highest BCUT2D eigenvalue weighted by Crippen LogP contribution is 2.56. The molecule has 0 radical (unpaired) electrons. The number of fused-ring (bicyclic) bond motifs is 2. The lowest BCUT2D eigenvalue weighted by Crippen LogP contribution is -2.38. The summed E-state index contributed by atoms with van der Waals surface area (Å²) in [5.41, 5.74) is 0.791. The molecule has 2 aliphatic rings. The van der Waals surface area contributed by atoms with E-state index in [1.165, 1.54) is 24.3 Å². The summed E-state index contributed by atoms with van der Waals surface area (Å²) in [5.74, 6) is 0.0729. The van der Waals surface area contributed by atoms with Gasteiger partial charge in [0.25, 0.3) is 0 Å². The first-order chi connectivity index (χ1) is 15.1. The van der Waals surface area contributed by atoms with Gasteiger partial charge in [-0.15, -0.1) is 0 Å². The van der Waals surface area contributed by atoms with E-state index in [2.05, 4.69) is 15.0 Å². The SMILES string of the molecule is O=CN1C2CCC1(c1cc(F)ccc1-c1ncccn1)CC2COc1ccc(F)cn1. The van der Waals surface area contributed by atoms with E-state index in [-0.39, 0.29) is 17.8 Å². The van der Waals surface area contributed by atoms with Crippen LogP contribution in [0.15, 0.2) is 55.0 Å². The Kier molecular flexibility index (Phi) is 4.84. The molecular weight excluding hydrogens is 402 g/mol. The van der Waals surface area contributed by atoms with E-state index in [9.17, 15) is 13.6 Å². The van der Waals surface area contributed by atoms with E-state index in [1.54, 1.807) is 29.4 Å². The predicted molar refractivity (Wildman–Crippen MR) is 108 cm³/mol. The van der Waals surface area contributed by atoms with Crippen molar-refractivity contribution in [2.75, 3.05) is 6.61 Å². The van der Waals surface area contributed by atoms with E-state index in [0.29, 0.717) is 24.7 Å². The Hall–Kier alpha value is -3.42. The number of ether oxygens (including phenoxy) is 1. The van der Waals surface area contributed by atoms with Crippen molar-refractivity contribution >= 4 is 6.41 Å². The number of rotatable bonds is 6. The zero-order valence-corrected chi connectivity index (χ0v) is 16.6. The quantitative estimate of drug-likeness (QED) is 0.567. The molecule has 2 fully saturated rings.